The van der Waals surface area contributed by atoms with Crippen LogP contribution in [0.1, 0.15) is 6.42 Å². The predicted octanol–water partition coefficient (Wildman–Crippen LogP) is -0.334. The van der Waals surface area contributed by atoms with Gasteiger partial charge in [0.25, 0.3) is 0 Å². The predicted molar refractivity (Wildman–Crippen MR) is 43.3 cm³/mol. The van der Waals surface area contributed by atoms with Crippen molar-refractivity contribution < 1.29 is 4.74 Å². The van der Waals surface area contributed by atoms with Gasteiger partial charge in [0.15, 0.2) is 0 Å². The van der Waals surface area contributed by atoms with Crippen molar-refractivity contribution in [3.05, 3.63) is 0 Å². The summed E-state index contributed by atoms with van der Waals surface area (Å²) in [6, 6.07) is 0. The first-order valence-electron chi connectivity index (χ1n) is 4.42. The smallest absolute Gasteiger partial charge is 0.0706 e. The van der Waals surface area contributed by atoms with Gasteiger partial charge in [-0.3, -0.25) is 4.90 Å². The molecule has 0 aromatic heterocycles. The van der Waals surface area contributed by atoms with Gasteiger partial charge in [-0.1, -0.05) is 0 Å². The number of ether oxygens (including phenoxy) is 1. The van der Waals surface area contributed by atoms with Crippen molar-refractivity contribution in [2.45, 2.75) is 12.5 Å². The van der Waals surface area contributed by atoms with Crippen molar-refractivity contribution in [3.8, 4) is 0 Å². The first kappa shape index (κ1) is 7.53. The second-order valence-corrected chi connectivity index (χ2v) is 3.59. The van der Waals surface area contributed by atoms with E-state index in [0.29, 0.717) is 12.0 Å². The van der Waals surface area contributed by atoms with E-state index >= 15 is 0 Å². The highest BCUT2D eigenvalue weighted by Crippen LogP contribution is 2.21. The van der Waals surface area contributed by atoms with E-state index in [-0.39, 0.29) is 0 Å². The summed E-state index contributed by atoms with van der Waals surface area (Å²) >= 11 is 0. The number of fused-ring (bicyclic) bond motifs is 2. The van der Waals surface area contributed by atoms with Crippen LogP contribution in [0.25, 0.3) is 0 Å². The number of nitrogens with zero attached hydrogens (tertiary/aromatic N) is 1. The fourth-order valence-electron chi connectivity index (χ4n) is 2.07. The van der Waals surface area contributed by atoms with E-state index in [0.717, 1.165) is 26.2 Å². The molecule has 0 amide bonds. The van der Waals surface area contributed by atoms with Gasteiger partial charge in [0.2, 0.25) is 0 Å². The lowest BCUT2D eigenvalue weighted by Crippen LogP contribution is -2.51. The number of nitrogens with two attached hydrogens (primary N) is 1. The summed E-state index contributed by atoms with van der Waals surface area (Å²) in [5, 5.41) is 0. The lowest BCUT2D eigenvalue weighted by molar-refractivity contribution is -0.0704. The SMILES string of the molecule is NCC1CC2CN(CCO2)C1. The summed E-state index contributed by atoms with van der Waals surface area (Å²) in [5.41, 5.74) is 5.62. The third kappa shape index (κ3) is 1.55. The van der Waals surface area contributed by atoms with Gasteiger partial charge < -0.3 is 10.5 Å². The van der Waals surface area contributed by atoms with Gasteiger partial charge in [0.1, 0.15) is 0 Å². The van der Waals surface area contributed by atoms with E-state index in [4.69, 9.17) is 10.5 Å². The summed E-state index contributed by atoms with van der Waals surface area (Å²) < 4.78 is 5.58. The monoisotopic (exact) mass is 156 g/mol. The van der Waals surface area contributed by atoms with E-state index in [1.165, 1.54) is 13.0 Å². The maximum atomic E-state index is 5.62. The minimum atomic E-state index is 0.478. The molecule has 3 atom stereocenters. The van der Waals surface area contributed by atoms with Gasteiger partial charge >= 0.3 is 0 Å². The molecule has 3 unspecified atom stereocenters. The van der Waals surface area contributed by atoms with Crippen molar-refractivity contribution in [2.24, 2.45) is 11.7 Å². The van der Waals surface area contributed by atoms with Crippen molar-refractivity contribution in [1.82, 2.24) is 4.90 Å². The Labute approximate surface area is 67.5 Å². The van der Waals surface area contributed by atoms with E-state index in [1.807, 2.05) is 0 Å². The fraction of sp³-hybridized carbons (Fsp3) is 1.00. The van der Waals surface area contributed by atoms with E-state index in [9.17, 15) is 0 Å². The molecule has 0 saturated carbocycles. The Kier molecular flexibility index (Phi) is 2.11. The zero-order valence-corrected chi connectivity index (χ0v) is 6.83. The maximum absolute atomic E-state index is 5.62. The number of piperidine rings is 1. The normalized spacial score (nSPS) is 43.9. The molecule has 0 aliphatic carbocycles. The Hall–Kier alpha value is -0.120. The molecule has 64 valence electrons. The molecule has 2 rings (SSSR count). The summed E-state index contributed by atoms with van der Waals surface area (Å²) in [4.78, 5) is 2.47. The average molecular weight is 156 g/mol. The largest absolute Gasteiger partial charge is 0.376 e. The number of hydrogen-bond acceptors (Lipinski definition) is 3. The molecule has 0 spiro atoms. The van der Waals surface area contributed by atoms with Crippen LogP contribution in [0.2, 0.25) is 0 Å². The number of hydrogen-bond donors (Lipinski definition) is 1. The molecule has 0 aromatic carbocycles. The molecule has 3 nitrogen and oxygen atoms in total. The standard InChI is InChI=1S/C8H16N2O/c9-4-7-3-8-6-10(5-7)1-2-11-8/h7-8H,1-6,9H2. The first-order valence-corrected chi connectivity index (χ1v) is 4.42. The van der Waals surface area contributed by atoms with Gasteiger partial charge in [-0.25, -0.2) is 0 Å². The summed E-state index contributed by atoms with van der Waals surface area (Å²) in [7, 11) is 0. The van der Waals surface area contributed by atoms with Gasteiger partial charge in [-0.15, -0.1) is 0 Å². The molecule has 2 fully saturated rings. The zero-order chi connectivity index (χ0) is 7.68. The zero-order valence-electron chi connectivity index (χ0n) is 6.83. The Morgan fingerprint density at radius 1 is 1.45 bits per heavy atom. The van der Waals surface area contributed by atoms with Crippen LogP contribution in [0, 0.1) is 5.92 Å². The van der Waals surface area contributed by atoms with Crippen molar-refractivity contribution in [3.63, 3.8) is 0 Å². The topological polar surface area (TPSA) is 38.5 Å². The molecule has 2 heterocycles. The second kappa shape index (κ2) is 3.09. The van der Waals surface area contributed by atoms with Crippen LogP contribution in [-0.2, 0) is 4.74 Å². The van der Waals surface area contributed by atoms with Crippen LogP contribution in [0.3, 0.4) is 0 Å². The Morgan fingerprint density at radius 3 is 3.09 bits per heavy atom. The van der Waals surface area contributed by atoms with Crippen LogP contribution >= 0.6 is 0 Å². The molecule has 0 aromatic rings. The first-order chi connectivity index (χ1) is 5.38. The third-order valence-corrected chi connectivity index (χ3v) is 2.67. The Morgan fingerprint density at radius 2 is 2.36 bits per heavy atom. The highest BCUT2D eigenvalue weighted by molar-refractivity contribution is 4.82. The van der Waals surface area contributed by atoms with Gasteiger partial charge in [0.05, 0.1) is 12.7 Å². The Bertz CT molecular complexity index is 128. The fourth-order valence-corrected chi connectivity index (χ4v) is 2.07. The number of rotatable bonds is 1. The van der Waals surface area contributed by atoms with Crippen LogP contribution in [0.5, 0.6) is 0 Å². The minimum absolute atomic E-state index is 0.478. The highest BCUT2D eigenvalue weighted by atomic mass is 16.5. The molecule has 3 heteroatoms. The lowest BCUT2D eigenvalue weighted by Gasteiger charge is -2.41. The van der Waals surface area contributed by atoms with Crippen LogP contribution in [0.4, 0.5) is 0 Å². The quantitative estimate of drug-likeness (QED) is 0.565. The minimum Gasteiger partial charge on any atom is -0.376 e. The molecule has 2 saturated heterocycles. The summed E-state index contributed by atoms with van der Waals surface area (Å²) in [6.07, 6.45) is 1.65. The van der Waals surface area contributed by atoms with Crippen molar-refractivity contribution in [1.29, 1.82) is 0 Å². The third-order valence-electron chi connectivity index (χ3n) is 2.67. The van der Waals surface area contributed by atoms with Crippen molar-refractivity contribution >= 4 is 0 Å². The number of morpholine rings is 1. The molecule has 0 radical (unpaired) electrons. The second-order valence-electron chi connectivity index (χ2n) is 3.59. The molecular weight excluding hydrogens is 140 g/mol. The molecule has 11 heavy (non-hydrogen) atoms. The molecule has 2 bridgehead atoms. The summed E-state index contributed by atoms with van der Waals surface area (Å²) in [6.45, 7) is 5.16. The van der Waals surface area contributed by atoms with Gasteiger partial charge in [-0.05, 0) is 18.9 Å². The maximum Gasteiger partial charge on any atom is 0.0706 e. The lowest BCUT2D eigenvalue weighted by atomic mass is 9.95. The summed E-state index contributed by atoms with van der Waals surface area (Å²) in [5.74, 6) is 0.675. The molecule has 2 N–H and O–H groups in total. The molecular formula is C8H16N2O. The molecule has 2 aliphatic rings. The van der Waals surface area contributed by atoms with E-state index < -0.39 is 0 Å². The van der Waals surface area contributed by atoms with Crippen LogP contribution in [0.15, 0.2) is 0 Å². The van der Waals surface area contributed by atoms with Crippen LogP contribution in [-0.4, -0.2) is 43.8 Å². The Balaban J connectivity index is 1.94. The van der Waals surface area contributed by atoms with Crippen molar-refractivity contribution in [2.75, 3.05) is 32.8 Å². The highest BCUT2D eigenvalue weighted by Gasteiger charge is 2.29. The van der Waals surface area contributed by atoms with Gasteiger partial charge in [0, 0.05) is 19.6 Å². The average Bonchev–Trinajstić information content (AvgIpc) is 2.03. The molecule has 2 aliphatic heterocycles. The van der Waals surface area contributed by atoms with Crippen LogP contribution < -0.4 is 5.73 Å². The van der Waals surface area contributed by atoms with E-state index in [2.05, 4.69) is 4.90 Å². The van der Waals surface area contributed by atoms with E-state index in [1.54, 1.807) is 0 Å². The van der Waals surface area contributed by atoms with Gasteiger partial charge in [-0.2, -0.15) is 0 Å².